The van der Waals surface area contributed by atoms with Gasteiger partial charge >= 0.3 is 5.97 Å². The molecule has 0 radical (unpaired) electrons. The zero-order chi connectivity index (χ0) is 38.4. The van der Waals surface area contributed by atoms with Crippen molar-refractivity contribution < 1.29 is 58.0 Å². The van der Waals surface area contributed by atoms with Crippen LogP contribution >= 0.6 is 0 Å². The summed E-state index contributed by atoms with van der Waals surface area (Å²) in [6, 6.07) is 0. The second kappa shape index (κ2) is 16.3. The molecule has 3 N–H and O–H groups in total. The van der Waals surface area contributed by atoms with Crippen molar-refractivity contribution >= 4 is 5.97 Å². The Morgan fingerprint density at radius 2 is 1.72 bits per heavy atom. The third-order valence-electron chi connectivity index (χ3n) is 12.5. The summed E-state index contributed by atoms with van der Waals surface area (Å²) in [6.45, 7) is 14.0. The molecule has 6 rings (SSSR count). The molecular formula is C41H62O12. The average Bonchev–Trinajstić information content (AvgIpc) is 3.44. The zero-order valence-electron chi connectivity index (χ0n) is 32.8. The SMILES string of the molecule is CO[C@H]1C[C@H](O[C@@H]2/C(C)=C/C[C@@H]3C[C@@H](CC4(C[C@H](O)[C@H](C)[C@@H](C(C)C)O4)O3)OC(=O)[C@@H]3C=C(C)[C@@H](OC)[C@H]4OC/C(=C\C=C\[C@@H]2C)[C@]43O)O[C@@H](C)[C@@H]1O. The van der Waals surface area contributed by atoms with Crippen LogP contribution in [0.5, 0.6) is 0 Å². The van der Waals surface area contributed by atoms with Gasteiger partial charge in [-0.25, -0.2) is 0 Å². The van der Waals surface area contributed by atoms with Crippen LogP contribution < -0.4 is 0 Å². The van der Waals surface area contributed by atoms with Crippen LogP contribution in [0, 0.1) is 23.7 Å². The smallest absolute Gasteiger partial charge is 0.316 e. The Balaban J connectivity index is 1.39. The van der Waals surface area contributed by atoms with Crippen LogP contribution in [0.1, 0.15) is 80.6 Å². The standard InChI is InChI=1S/C41H62O12/c1-21(2)35-25(6)31(42)19-40(53-35)18-29-16-28(52-40)14-13-23(4)36(51-33-17-32(46-8)34(43)26(7)49-33)22(3)11-10-12-27-20-48-38-37(47-9)24(5)15-30(39(44)50-29)41(27,38)45/h10-13,15,21-22,25-26,28-38,42-43,45H,14,16-20H2,1-9H3/b11-10+,23-13+,27-12+/t22-,25-,26-,28+,29-,30-,31-,32-,33-,34-,35+,36-,37+,38+,40?,41+/m0/s1. The lowest BCUT2D eigenvalue weighted by Crippen LogP contribution is -2.60. The molecule has 4 fully saturated rings. The molecule has 0 aromatic heterocycles. The third-order valence-corrected chi connectivity index (χ3v) is 12.5. The summed E-state index contributed by atoms with van der Waals surface area (Å²) in [5.74, 6) is -2.91. The molecule has 4 saturated heterocycles. The van der Waals surface area contributed by atoms with Gasteiger partial charge in [0.2, 0.25) is 0 Å². The third kappa shape index (κ3) is 8.01. The molecule has 1 spiro atoms. The van der Waals surface area contributed by atoms with Crippen molar-refractivity contribution in [3.63, 3.8) is 0 Å². The van der Waals surface area contributed by atoms with Crippen molar-refractivity contribution in [3.05, 3.63) is 47.1 Å². The number of hydrogen-bond donors (Lipinski definition) is 3. The predicted octanol–water partition coefficient (Wildman–Crippen LogP) is 4.30. The topological polar surface area (TPSA) is 152 Å². The van der Waals surface area contributed by atoms with Crippen LogP contribution in [0.3, 0.4) is 0 Å². The van der Waals surface area contributed by atoms with Crippen molar-refractivity contribution in [1.29, 1.82) is 0 Å². The van der Waals surface area contributed by atoms with Gasteiger partial charge in [-0.2, -0.15) is 0 Å². The Labute approximate surface area is 314 Å². The van der Waals surface area contributed by atoms with Crippen molar-refractivity contribution in [2.24, 2.45) is 23.7 Å². The Kier molecular flexibility index (Phi) is 12.5. The highest BCUT2D eigenvalue weighted by Crippen LogP contribution is 2.48. The van der Waals surface area contributed by atoms with Gasteiger partial charge in [0.15, 0.2) is 12.1 Å². The minimum absolute atomic E-state index is 0.0999. The van der Waals surface area contributed by atoms with Gasteiger partial charge in [0.05, 0.1) is 43.2 Å². The largest absolute Gasteiger partial charge is 0.462 e. The first-order valence-corrected chi connectivity index (χ1v) is 19.5. The van der Waals surface area contributed by atoms with E-state index < -0.39 is 84.5 Å². The maximum atomic E-state index is 14.3. The number of carbonyl (C=O) groups is 1. The summed E-state index contributed by atoms with van der Waals surface area (Å²) < 4.78 is 50.3. The molecule has 1 aliphatic carbocycles. The van der Waals surface area contributed by atoms with E-state index in [9.17, 15) is 20.1 Å². The van der Waals surface area contributed by atoms with Crippen molar-refractivity contribution in [1.82, 2.24) is 0 Å². The van der Waals surface area contributed by atoms with Crippen LogP contribution in [0.4, 0.5) is 0 Å². The van der Waals surface area contributed by atoms with Crippen molar-refractivity contribution in [2.45, 2.75) is 159 Å². The molecule has 0 aromatic carbocycles. The Morgan fingerprint density at radius 3 is 2.42 bits per heavy atom. The summed E-state index contributed by atoms with van der Waals surface area (Å²) in [5.41, 5.74) is 0.562. The van der Waals surface area contributed by atoms with Gasteiger partial charge in [-0.15, -0.1) is 0 Å². The summed E-state index contributed by atoms with van der Waals surface area (Å²) in [5, 5.41) is 34.5. The summed E-state index contributed by atoms with van der Waals surface area (Å²) in [6.07, 6.45) is 5.24. The second-order valence-electron chi connectivity index (χ2n) is 16.7. The van der Waals surface area contributed by atoms with Crippen LogP contribution in [0.15, 0.2) is 47.1 Å². The Morgan fingerprint density at radius 1 is 0.962 bits per heavy atom. The number of allylic oxidation sites excluding steroid dienone is 2. The maximum absolute atomic E-state index is 14.3. The van der Waals surface area contributed by atoms with Crippen LogP contribution in [0.25, 0.3) is 0 Å². The van der Waals surface area contributed by atoms with Gasteiger partial charge in [0.1, 0.15) is 35.9 Å². The number of esters is 1. The van der Waals surface area contributed by atoms with E-state index in [4.69, 9.17) is 37.9 Å². The van der Waals surface area contributed by atoms with Gasteiger partial charge < -0.3 is 53.2 Å². The number of aliphatic hydroxyl groups is 3. The molecule has 12 heteroatoms. The highest BCUT2D eigenvalue weighted by atomic mass is 16.7. The molecule has 0 amide bonds. The molecule has 12 nitrogen and oxygen atoms in total. The maximum Gasteiger partial charge on any atom is 0.316 e. The van der Waals surface area contributed by atoms with Gasteiger partial charge in [-0.1, -0.05) is 58.1 Å². The highest BCUT2D eigenvalue weighted by Gasteiger charge is 2.61. The minimum Gasteiger partial charge on any atom is -0.462 e. The predicted molar refractivity (Wildman–Crippen MR) is 194 cm³/mol. The van der Waals surface area contributed by atoms with Crippen LogP contribution in [-0.2, 0) is 42.7 Å². The quantitative estimate of drug-likeness (QED) is 0.272. The molecule has 298 valence electrons. The van der Waals surface area contributed by atoms with Crippen LogP contribution in [-0.4, -0.2) is 121 Å². The summed E-state index contributed by atoms with van der Waals surface area (Å²) >= 11 is 0. The molecule has 2 bridgehead atoms. The monoisotopic (exact) mass is 746 g/mol. The minimum atomic E-state index is -1.71. The van der Waals surface area contributed by atoms with E-state index in [1.165, 1.54) is 0 Å². The summed E-state index contributed by atoms with van der Waals surface area (Å²) in [4.78, 5) is 14.3. The number of rotatable bonds is 5. The Bertz CT molecular complexity index is 1440. The summed E-state index contributed by atoms with van der Waals surface area (Å²) in [7, 11) is 3.15. The molecule has 1 unspecified atom stereocenters. The first kappa shape index (κ1) is 40.7. The fourth-order valence-corrected chi connectivity index (χ4v) is 9.46. The zero-order valence-corrected chi connectivity index (χ0v) is 32.8. The number of methoxy groups -OCH3 is 2. The molecule has 6 aliphatic rings. The van der Waals surface area contributed by atoms with Crippen LogP contribution in [0.2, 0.25) is 0 Å². The van der Waals surface area contributed by atoms with E-state index in [1.807, 2.05) is 45.9 Å². The highest BCUT2D eigenvalue weighted by molar-refractivity contribution is 5.78. The lowest BCUT2D eigenvalue weighted by atomic mass is 9.70. The lowest BCUT2D eigenvalue weighted by molar-refractivity contribution is -0.353. The molecule has 0 aromatic rings. The molecule has 16 atom stereocenters. The normalized spacial score (nSPS) is 49.3. The molecule has 0 saturated carbocycles. The number of carbonyl (C=O) groups excluding carboxylic acids is 1. The fraction of sp³-hybridized carbons (Fsp3) is 0.780. The van der Waals surface area contributed by atoms with Gasteiger partial charge in [0.25, 0.3) is 0 Å². The second-order valence-corrected chi connectivity index (χ2v) is 16.7. The molecular weight excluding hydrogens is 684 g/mol. The lowest BCUT2D eigenvalue weighted by Gasteiger charge is -2.52. The number of ether oxygens (including phenoxy) is 8. The van der Waals surface area contributed by atoms with E-state index in [0.717, 1.165) is 11.1 Å². The first-order chi connectivity index (χ1) is 25.1. The molecule has 5 aliphatic heterocycles. The van der Waals surface area contributed by atoms with E-state index in [2.05, 4.69) is 26.8 Å². The van der Waals surface area contributed by atoms with Gasteiger partial charge in [-0.05, 0) is 49.8 Å². The first-order valence-electron chi connectivity index (χ1n) is 19.5. The van der Waals surface area contributed by atoms with Crippen molar-refractivity contribution in [2.75, 3.05) is 20.8 Å². The number of aliphatic hydroxyl groups excluding tert-OH is 2. The van der Waals surface area contributed by atoms with E-state index in [0.29, 0.717) is 24.8 Å². The van der Waals surface area contributed by atoms with E-state index >= 15 is 0 Å². The van der Waals surface area contributed by atoms with Crippen molar-refractivity contribution in [3.8, 4) is 0 Å². The van der Waals surface area contributed by atoms with E-state index in [1.54, 1.807) is 20.3 Å². The molecule has 53 heavy (non-hydrogen) atoms. The fourth-order valence-electron chi connectivity index (χ4n) is 9.46. The molecule has 5 heterocycles. The van der Waals surface area contributed by atoms with E-state index in [-0.39, 0.29) is 43.3 Å². The van der Waals surface area contributed by atoms with Gasteiger partial charge in [0, 0.05) is 51.7 Å². The Hall–Kier alpha value is -1.97. The van der Waals surface area contributed by atoms with Gasteiger partial charge in [-0.3, -0.25) is 4.79 Å². The average molecular weight is 747 g/mol. The number of hydrogen-bond acceptors (Lipinski definition) is 12. The number of fused-ring (bicyclic) bond motifs is 2.